The van der Waals surface area contributed by atoms with Crippen molar-refractivity contribution in [3.63, 3.8) is 0 Å². The second-order valence-electron chi connectivity index (χ2n) is 7.46. The molecule has 2 atom stereocenters. The molecule has 32 heavy (non-hydrogen) atoms. The van der Waals surface area contributed by atoms with E-state index in [0.717, 1.165) is 33.5 Å². The van der Waals surface area contributed by atoms with E-state index in [9.17, 15) is 23.3 Å². The Hall–Kier alpha value is -3.14. The number of nitrogens with zero attached hydrogens (tertiary/aromatic N) is 2. The maximum atomic E-state index is 13.2. The van der Waals surface area contributed by atoms with Crippen molar-refractivity contribution in [1.29, 1.82) is 0 Å². The lowest BCUT2D eigenvalue weighted by molar-refractivity contribution is -0.384. The molecule has 0 radical (unpaired) electrons. The maximum Gasteiger partial charge on any atom is 0.271 e. The number of hydrogen-bond acceptors (Lipinski definition) is 6. The fourth-order valence-corrected chi connectivity index (χ4v) is 4.81. The molecule has 0 aromatic heterocycles. The third kappa shape index (κ3) is 5.76. The van der Waals surface area contributed by atoms with E-state index in [-0.39, 0.29) is 23.8 Å². The van der Waals surface area contributed by atoms with Gasteiger partial charge in [0.15, 0.2) is 0 Å². The Morgan fingerprint density at radius 3 is 2.38 bits per heavy atom. The van der Waals surface area contributed by atoms with Crippen LogP contribution >= 0.6 is 0 Å². The van der Waals surface area contributed by atoms with Crippen molar-refractivity contribution >= 4 is 27.3 Å². The van der Waals surface area contributed by atoms with Crippen LogP contribution in [-0.2, 0) is 14.8 Å². The van der Waals surface area contributed by atoms with Crippen LogP contribution in [-0.4, -0.2) is 38.7 Å². The van der Waals surface area contributed by atoms with Gasteiger partial charge in [-0.2, -0.15) is 0 Å². The van der Waals surface area contributed by atoms with E-state index in [1.165, 1.54) is 18.2 Å². The Labute approximate surface area is 188 Å². The molecule has 0 aliphatic carbocycles. The van der Waals surface area contributed by atoms with Gasteiger partial charge in [-0.1, -0.05) is 32.0 Å². The number of sulfonamides is 1. The van der Waals surface area contributed by atoms with Gasteiger partial charge in [-0.25, -0.2) is 8.42 Å². The number of nitro benzene ring substituents is 1. The summed E-state index contributed by atoms with van der Waals surface area (Å²) in [5.74, 6) is 0.250. The molecule has 0 bridgehead atoms. The molecule has 2 aromatic carbocycles. The number of nitrogens with one attached hydrogen (secondary N) is 1. The second kappa shape index (κ2) is 10.4. The molecule has 2 rings (SSSR count). The summed E-state index contributed by atoms with van der Waals surface area (Å²) < 4.78 is 31.5. The fraction of sp³-hybridized carbons (Fsp3) is 0.409. The maximum absolute atomic E-state index is 13.2. The van der Waals surface area contributed by atoms with Gasteiger partial charge in [0.05, 0.1) is 30.0 Å². The highest BCUT2D eigenvalue weighted by Gasteiger charge is 2.33. The zero-order valence-electron chi connectivity index (χ0n) is 18.9. The predicted octanol–water partition coefficient (Wildman–Crippen LogP) is 3.72. The summed E-state index contributed by atoms with van der Waals surface area (Å²) in [5, 5.41) is 14.1. The van der Waals surface area contributed by atoms with E-state index in [1.807, 2.05) is 32.0 Å². The lowest BCUT2D eigenvalue weighted by atomic mass is 10.0. The number of amides is 1. The van der Waals surface area contributed by atoms with Gasteiger partial charge in [-0.3, -0.25) is 19.2 Å². The van der Waals surface area contributed by atoms with Crippen LogP contribution in [0.15, 0.2) is 42.5 Å². The van der Waals surface area contributed by atoms with E-state index >= 15 is 0 Å². The van der Waals surface area contributed by atoms with Crippen molar-refractivity contribution in [2.45, 2.75) is 45.7 Å². The second-order valence-corrected chi connectivity index (χ2v) is 9.32. The minimum Gasteiger partial charge on any atom is -0.496 e. The van der Waals surface area contributed by atoms with Crippen molar-refractivity contribution in [1.82, 2.24) is 5.32 Å². The van der Waals surface area contributed by atoms with Crippen molar-refractivity contribution < 1.29 is 22.9 Å². The smallest absolute Gasteiger partial charge is 0.271 e. The van der Waals surface area contributed by atoms with E-state index in [4.69, 9.17) is 4.74 Å². The monoisotopic (exact) mass is 463 g/mol. The summed E-state index contributed by atoms with van der Waals surface area (Å²) in [4.78, 5) is 23.8. The number of ether oxygens (including phenoxy) is 1. The number of carbonyl (C=O) groups excluding carboxylic acids is 1. The number of benzene rings is 2. The molecule has 0 unspecified atom stereocenters. The highest BCUT2D eigenvalue weighted by Crippen LogP contribution is 2.28. The predicted molar refractivity (Wildman–Crippen MR) is 123 cm³/mol. The third-order valence-electron chi connectivity index (χ3n) is 5.17. The van der Waals surface area contributed by atoms with E-state index in [2.05, 4.69) is 5.32 Å². The summed E-state index contributed by atoms with van der Waals surface area (Å²) in [5.41, 5.74) is 1.60. The summed E-state index contributed by atoms with van der Waals surface area (Å²) >= 11 is 0. The van der Waals surface area contributed by atoms with E-state index < -0.39 is 26.9 Å². The molecule has 0 aliphatic rings. The lowest BCUT2D eigenvalue weighted by Gasteiger charge is -2.31. The highest BCUT2D eigenvalue weighted by molar-refractivity contribution is 7.92. The molecule has 0 spiro atoms. The number of anilines is 1. The molecule has 0 fully saturated rings. The van der Waals surface area contributed by atoms with Gasteiger partial charge in [-0.15, -0.1) is 0 Å². The number of nitro groups is 1. The quantitative estimate of drug-likeness (QED) is 0.424. The topological polar surface area (TPSA) is 119 Å². The first-order valence-electron chi connectivity index (χ1n) is 10.2. The van der Waals surface area contributed by atoms with Gasteiger partial charge in [-0.05, 0) is 43.0 Å². The average Bonchev–Trinajstić information content (AvgIpc) is 2.74. The van der Waals surface area contributed by atoms with Crippen molar-refractivity contribution in [2.24, 2.45) is 0 Å². The highest BCUT2D eigenvalue weighted by atomic mass is 32.2. The Balaban J connectivity index is 2.40. The normalized spacial score (nSPS) is 13.2. The standard InChI is InChI=1S/C22H29N3O6S/c1-6-19(16-11-12-21(31-4)15(3)13-16)23-22(26)20(7-2)24(32(5,29)30)17-9-8-10-18(14-17)25(27)28/h8-14,19-20H,6-7H2,1-5H3,(H,23,26)/t19-,20-/m1/s1. The minimum absolute atomic E-state index is 0.0667. The van der Waals surface area contributed by atoms with Crippen molar-refractivity contribution in [2.75, 3.05) is 17.7 Å². The van der Waals surface area contributed by atoms with E-state index in [0.29, 0.717) is 6.42 Å². The minimum atomic E-state index is -3.91. The van der Waals surface area contributed by atoms with Gasteiger partial charge >= 0.3 is 0 Å². The van der Waals surface area contributed by atoms with Crippen LogP contribution in [0, 0.1) is 17.0 Å². The number of rotatable bonds is 10. The largest absolute Gasteiger partial charge is 0.496 e. The Kier molecular flexibility index (Phi) is 8.20. The summed E-state index contributed by atoms with van der Waals surface area (Å²) in [6.07, 6.45) is 1.75. The molecule has 2 aromatic rings. The molecule has 9 nitrogen and oxygen atoms in total. The average molecular weight is 464 g/mol. The first-order valence-corrected chi connectivity index (χ1v) is 12.1. The number of aryl methyl sites for hydroxylation is 1. The number of non-ortho nitro benzene ring substituents is 1. The molecular formula is C22H29N3O6S. The molecule has 0 saturated heterocycles. The molecule has 0 aliphatic heterocycles. The van der Waals surface area contributed by atoms with Gasteiger partial charge in [0.2, 0.25) is 15.9 Å². The van der Waals surface area contributed by atoms with Crippen LogP contribution in [0.2, 0.25) is 0 Å². The number of methoxy groups -OCH3 is 1. The van der Waals surface area contributed by atoms with Crippen LogP contribution in [0.5, 0.6) is 5.75 Å². The lowest BCUT2D eigenvalue weighted by Crippen LogP contribution is -2.50. The summed E-state index contributed by atoms with van der Waals surface area (Å²) in [7, 11) is -2.32. The van der Waals surface area contributed by atoms with Crippen LogP contribution < -0.4 is 14.4 Å². The summed E-state index contributed by atoms with van der Waals surface area (Å²) in [6, 6.07) is 9.44. The molecule has 0 saturated carbocycles. The Morgan fingerprint density at radius 1 is 1.19 bits per heavy atom. The molecule has 0 heterocycles. The van der Waals surface area contributed by atoms with Crippen LogP contribution in [0.25, 0.3) is 0 Å². The fourth-order valence-electron chi connectivity index (χ4n) is 3.61. The molecular weight excluding hydrogens is 434 g/mol. The SMILES string of the molecule is CC[C@H](C(=O)N[C@H](CC)c1ccc(OC)c(C)c1)N(c1cccc([N+](=O)[O-])c1)S(C)(=O)=O. The molecule has 1 N–H and O–H groups in total. The van der Waals surface area contributed by atoms with Gasteiger partial charge in [0.25, 0.3) is 5.69 Å². The number of carbonyl (C=O) groups is 1. The molecule has 1 amide bonds. The molecule has 174 valence electrons. The zero-order chi connectivity index (χ0) is 24.1. The summed E-state index contributed by atoms with van der Waals surface area (Å²) in [6.45, 7) is 5.51. The third-order valence-corrected chi connectivity index (χ3v) is 6.35. The Morgan fingerprint density at radius 2 is 1.88 bits per heavy atom. The first-order chi connectivity index (χ1) is 15.0. The first kappa shape index (κ1) is 25.1. The van der Waals surface area contributed by atoms with Gasteiger partial charge < -0.3 is 10.1 Å². The number of hydrogen-bond donors (Lipinski definition) is 1. The van der Waals surface area contributed by atoms with Crippen molar-refractivity contribution in [3.8, 4) is 5.75 Å². The van der Waals surface area contributed by atoms with Crippen molar-refractivity contribution in [3.05, 3.63) is 63.7 Å². The van der Waals surface area contributed by atoms with Crippen LogP contribution in [0.3, 0.4) is 0 Å². The Bertz CT molecular complexity index is 1090. The zero-order valence-corrected chi connectivity index (χ0v) is 19.7. The van der Waals surface area contributed by atoms with E-state index in [1.54, 1.807) is 14.0 Å². The van der Waals surface area contributed by atoms with Gasteiger partial charge in [0, 0.05) is 12.1 Å². The van der Waals surface area contributed by atoms with Gasteiger partial charge in [0.1, 0.15) is 11.8 Å². The van der Waals surface area contributed by atoms with Crippen LogP contribution in [0.1, 0.15) is 43.9 Å². The molecule has 10 heteroatoms. The van der Waals surface area contributed by atoms with Crippen LogP contribution in [0.4, 0.5) is 11.4 Å².